The molecule has 1 fully saturated rings. The minimum absolute atomic E-state index is 0.0555. The summed E-state index contributed by atoms with van der Waals surface area (Å²) in [5, 5.41) is 6.24. The van der Waals surface area contributed by atoms with Crippen LogP contribution in [0.2, 0.25) is 0 Å². The van der Waals surface area contributed by atoms with E-state index in [1.165, 1.54) is 0 Å². The van der Waals surface area contributed by atoms with Crippen molar-refractivity contribution in [3.63, 3.8) is 0 Å². The van der Waals surface area contributed by atoms with Gasteiger partial charge in [-0.25, -0.2) is 0 Å². The van der Waals surface area contributed by atoms with E-state index in [2.05, 4.69) is 17.6 Å². The van der Waals surface area contributed by atoms with E-state index in [1.807, 2.05) is 24.3 Å². The van der Waals surface area contributed by atoms with Crippen molar-refractivity contribution in [2.75, 3.05) is 25.5 Å². The fraction of sp³-hybridized carbons (Fsp3) is 0.500. The van der Waals surface area contributed by atoms with E-state index in [1.54, 1.807) is 7.11 Å². The van der Waals surface area contributed by atoms with Gasteiger partial charge in [0.05, 0.1) is 13.0 Å². The maximum atomic E-state index is 12.1. The van der Waals surface area contributed by atoms with Crippen LogP contribution < -0.4 is 15.4 Å². The largest absolute Gasteiger partial charge is 0.497 e. The summed E-state index contributed by atoms with van der Waals surface area (Å²) in [5.41, 5.74) is 0.789. The Kier molecular flexibility index (Phi) is 4.20. The molecule has 1 aliphatic heterocycles. The van der Waals surface area contributed by atoms with Gasteiger partial charge in [0, 0.05) is 18.3 Å². The number of amides is 1. The molecule has 0 bridgehead atoms. The molecule has 1 aromatic rings. The van der Waals surface area contributed by atoms with Gasteiger partial charge in [0.15, 0.2) is 0 Å². The monoisotopic (exact) mass is 248 g/mol. The van der Waals surface area contributed by atoms with Crippen molar-refractivity contribution < 1.29 is 9.53 Å². The SMILES string of the molecule is COc1cccc(NC(=O)C2CNCC(C)C2)c1. The van der Waals surface area contributed by atoms with Crippen LogP contribution in [0, 0.1) is 11.8 Å². The van der Waals surface area contributed by atoms with Gasteiger partial charge in [-0.2, -0.15) is 0 Å². The molecule has 1 saturated heterocycles. The second kappa shape index (κ2) is 5.87. The quantitative estimate of drug-likeness (QED) is 0.858. The Morgan fingerprint density at radius 2 is 2.28 bits per heavy atom. The van der Waals surface area contributed by atoms with E-state index < -0.39 is 0 Å². The molecule has 2 N–H and O–H groups in total. The molecular formula is C14H20N2O2. The van der Waals surface area contributed by atoms with Crippen molar-refractivity contribution in [3.05, 3.63) is 24.3 Å². The normalized spacial score (nSPS) is 23.4. The lowest BCUT2D eigenvalue weighted by Gasteiger charge is -2.26. The summed E-state index contributed by atoms with van der Waals surface area (Å²) in [6, 6.07) is 7.44. The van der Waals surface area contributed by atoms with Gasteiger partial charge in [0.1, 0.15) is 5.75 Å². The number of hydrogen-bond donors (Lipinski definition) is 2. The number of rotatable bonds is 3. The lowest BCUT2D eigenvalue weighted by atomic mass is 9.91. The first-order valence-electron chi connectivity index (χ1n) is 6.34. The van der Waals surface area contributed by atoms with Gasteiger partial charge in [-0.15, -0.1) is 0 Å². The van der Waals surface area contributed by atoms with Gasteiger partial charge >= 0.3 is 0 Å². The molecular weight excluding hydrogens is 228 g/mol. The van der Waals surface area contributed by atoms with Gasteiger partial charge in [0.25, 0.3) is 0 Å². The minimum atomic E-state index is 0.0555. The molecule has 1 amide bonds. The molecule has 0 aliphatic carbocycles. The van der Waals surface area contributed by atoms with Crippen LogP contribution in [-0.2, 0) is 4.79 Å². The van der Waals surface area contributed by atoms with Gasteiger partial charge in [0.2, 0.25) is 5.91 Å². The molecule has 98 valence electrons. The van der Waals surface area contributed by atoms with Crippen molar-refractivity contribution >= 4 is 11.6 Å². The highest BCUT2D eigenvalue weighted by Crippen LogP contribution is 2.20. The molecule has 1 heterocycles. The Hall–Kier alpha value is -1.55. The van der Waals surface area contributed by atoms with Gasteiger partial charge in [-0.05, 0) is 31.0 Å². The van der Waals surface area contributed by atoms with E-state index in [0.29, 0.717) is 5.92 Å². The van der Waals surface area contributed by atoms with Crippen molar-refractivity contribution in [2.24, 2.45) is 11.8 Å². The molecule has 4 heteroatoms. The highest BCUT2D eigenvalue weighted by Gasteiger charge is 2.24. The Morgan fingerprint density at radius 3 is 3.00 bits per heavy atom. The second-order valence-electron chi connectivity index (χ2n) is 4.92. The number of hydrogen-bond acceptors (Lipinski definition) is 3. The summed E-state index contributed by atoms with van der Waals surface area (Å²) < 4.78 is 5.14. The molecule has 18 heavy (non-hydrogen) atoms. The molecule has 0 spiro atoms. The first kappa shape index (κ1) is 12.9. The van der Waals surface area contributed by atoms with Gasteiger partial charge in [-0.1, -0.05) is 13.0 Å². The maximum Gasteiger partial charge on any atom is 0.228 e. The van der Waals surface area contributed by atoms with Crippen molar-refractivity contribution in [1.29, 1.82) is 0 Å². The average Bonchev–Trinajstić information content (AvgIpc) is 2.39. The van der Waals surface area contributed by atoms with Gasteiger partial charge < -0.3 is 15.4 Å². The molecule has 2 unspecified atom stereocenters. The van der Waals surface area contributed by atoms with Crippen LogP contribution in [0.25, 0.3) is 0 Å². The predicted molar refractivity (Wildman–Crippen MR) is 71.8 cm³/mol. The molecule has 1 aromatic carbocycles. The summed E-state index contributed by atoms with van der Waals surface area (Å²) in [6.07, 6.45) is 0.947. The number of nitrogens with one attached hydrogen (secondary N) is 2. The zero-order chi connectivity index (χ0) is 13.0. The van der Waals surface area contributed by atoms with Crippen LogP contribution in [0.4, 0.5) is 5.69 Å². The minimum Gasteiger partial charge on any atom is -0.497 e. The van der Waals surface area contributed by atoms with Crippen LogP contribution in [0.15, 0.2) is 24.3 Å². The Bertz CT molecular complexity index is 420. The first-order chi connectivity index (χ1) is 8.69. The summed E-state index contributed by atoms with van der Waals surface area (Å²) in [6.45, 7) is 3.93. The third-order valence-electron chi connectivity index (χ3n) is 3.28. The molecule has 2 rings (SSSR count). The number of methoxy groups -OCH3 is 1. The van der Waals surface area contributed by atoms with Crippen molar-refractivity contribution in [3.8, 4) is 5.75 Å². The zero-order valence-electron chi connectivity index (χ0n) is 10.9. The Morgan fingerprint density at radius 1 is 1.44 bits per heavy atom. The second-order valence-corrected chi connectivity index (χ2v) is 4.92. The lowest BCUT2D eigenvalue weighted by Crippen LogP contribution is -2.40. The lowest BCUT2D eigenvalue weighted by molar-refractivity contribution is -0.120. The molecule has 4 nitrogen and oxygen atoms in total. The number of carbonyl (C=O) groups is 1. The van der Waals surface area contributed by atoms with E-state index >= 15 is 0 Å². The fourth-order valence-corrected chi connectivity index (χ4v) is 2.30. The summed E-state index contributed by atoms with van der Waals surface area (Å²) in [5.74, 6) is 1.45. The molecule has 0 aromatic heterocycles. The van der Waals surface area contributed by atoms with E-state index in [-0.39, 0.29) is 11.8 Å². The number of benzene rings is 1. The fourth-order valence-electron chi connectivity index (χ4n) is 2.30. The maximum absolute atomic E-state index is 12.1. The van der Waals surface area contributed by atoms with E-state index in [4.69, 9.17) is 4.74 Å². The number of ether oxygens (including phenoxy) is 1. The summed E-state index contributed by atoms with van der Waals surface area (Å²) in [4.78, 5) is 12.1. The smallest absolute Gasteiger partial charge is 0.228 e. The van der Waals surface area contributed by atoms with Gasteiger partial charge in [-0.3, -0.25) is 4.79 Å². The topological polar surface area (TPSA) is 50.4 Å². The summed E-state index contributed by atoms with van der Waals surface area (Å²) in [7, 11) is 1.62. The predicted octanol–water partition coefficient (Wildman–Crippen LogP) is 1.88. The van der Waals surface area contributed by atoms with Crippen molar-refractivity contribution in [1.82, 2.24) is 5.32 Å². The van der Waals surface area contributed by atoms with E-state index in [0.717, 1.165) is 30.9 Å². The third kappa shape index (κ3) is 3.23. The third-order valence-corrected chi connectivity index (χ3v) is 3.28. The number of piperidine rings is 1. The molecule has 1 aliphatic rings. The average molecular weight is 248 g/mol. The molecule has 2 atom stereocenters. The standard InChI is InChI=1S/C14H20N2O2/c1-10-6-11(9-15-8-10)14(17)16-12-4-3-5-13(7-12)18-2/h3-5,7,10-11,15H,6,8-9H2,1-2H3,(H,16,17). The van der Waals surface area contributed by atoms with Crippen LogP contribution in [-0.4, -0.2) is 26.1 Å². The number of carbonyl (C=O) groups excluding carboxylic acids is 1. The number of anilines is 1. The highest BCUT2D eigenvalue weighted by molar-refractivity contribution is 5.92. The molecule has 0 saturated carbocycles. The Balaban J connectivity index is 1.97. The van der Waals surface area contributed by atoms with Crippen LogP contribution in [0.5, 0.6) is 5.75 Å². The van der Waals surface area contributed by atoms with Crippen molar-refractivity contribution in [2.45, 2.75) is 13.3 Å². The summed E-state index contributed by atoms with van der Waals surface area (Å²) >= 11 is 0. The van der Waals surface area contributed by atoms with Crippen LogP contribution in [0.1, 0.15) is 13.3 Å². The van der Waals surface area contributed by atoms with E-state index in [9.17, 15) is 4.79 Å². The van der Waals surface area contributed by atoms with Crippen LogP contribution in [0.3, 0.4) is 0 Å². The molecule has 0 radical (unpaired) electrons. The zero-order valence-corrected chi connectivity index (χ0v) is 10.9. The Labute approximate surface area is 108 Å². The highest BCUT2D eigenvalue weighted by atomic mass is 16.5. The first-order valence-corrected chi connectivity index (χ1v) is 6.34. The van der Waals surface area contributed by atoms with Crippen LogP contribution >= 0.6 is 0 Å².